The molecule has 0 radical (unpaired) electrons. The van der Waals surface area contributed by atoms with Gasteiger partial charge in [-0.25, -0.2) is 14.4 Å². The number of hydrogen-bond acceptors (Lipinski definition) is 18. The molecule has 0 spiro atoms. The van der Waals surface area contributed by atoms with Crippen LogP contribution < -0.4 is 62.7 Å². The smallest absolute Gasteiger partial charge is 0.328 e. The zero-order valence-corrected chi connectivity index (χ0v) is 58.5. The monoisotopic (exact) mass is 1410 g/mol. The number of rotatable bonds is 13. The first-order valence-corrected chi connectivity index (χ1v) is 36.1. The van der Waals surface area contributed by atoms with Crippen LogP contribution in [0.3, 0.4) is 0 Å². The highest BCUT2D eigenvalue weighted by Gasteiger charge is 2.24. The summed E-state index contributed by atoms with van der Waals surface area (Å²) in [6, 6.07) is 43.5. The summed E-state index contributed by atoms with van der Waals surface area (Å²) >= 11 is 0. The molecule has 0 atom stereocenters. The molecule has 12 aromatic rings. The highest BCUT2D eigenvalue weighted by molar-refractivity contribution is 5.83. The minimum Gasteiger partial charge on any atom is -0.463 e. The molecule has 3 aliphatic heterocycles. The van der Waals surface area contributed by atoms with Crippen LogP contribution in [0.1, 0.15) is 115 Å². The number of aromatic nitrogens is 12. The molecular weight excluding hydrogens is 1330 g/mol. The molecule has 9 N–H and O–H groups in total. The number of allylic oxidation sites excluding steroid dienone is 3. The number of H-pyrrole nitrogens is 3. The van der Waals surface area contributed by atoms with Crippen LogP contribution in [-0.2, 0) is 58.2 Å². The Kier molecular flexibility index (Phi) is 20.4. The number of nitrogen functional groups attached to an aromatic ring is 3. The normalized spacial score (nSPS) is 15.9. The fraction of sp³-hybridized carbons (Fsp3) is 0.296. The lowest BCUT2D eigenvalue weighted by Crippen LogP contribution is -2.18. The van der Waals surface area contributed by atoms with E-state index >= 15 is 0 Å². The Balaban J connectivity index is 0.000000127. The van der Waals surface area contributed by atoms with Gasteiger partial charge in [-0.05, 0) is 205 Å². The maximum atomic E-state index is 12.7. The minimum atomic E-state index is -0.298. The summed E-state index contributed by atoms with van der Waals surface area (Å²) in [5.74, 6) is 7.27. The van der Waals surface area contributed by atoms with Crippen molar-refractivity contribution in [2.45, 2.75) is 123 Å². The van der Waals surface area contributed by atoms with Gasteiger partial charge in [0.1, 0.15) is 51.0 Å². The van der Waals surface area contributed by atoms with Crippen molar-refractivity contribution in [1.82, 2.24) is 58.6 Å². The minimum absolute atomic E-state index is 0.164. The molecule has 24 heteroatoms. The highest BCUT2D eigenvalue weighted by atomic mass is 16.5. The number of nitrogens with one attached hydrogen (secondary N) is 3. The second-order valence-electron chi connectivity index (χ2n) is 27.1. The first-order chi connectivity index (χ1) is 51.3. The number of aryl methyl sites for hydroxylation is 3. The number of aromatic amines is 3. The van der Waals surface area contributed by atoms with E-state index in [9.17, 15) is 14.4 Å². The van der Waals surface area contributed by atoms with Gasteiger partial charge in [-0.15, -0.1) is 0 Å². The van der Waals surface area contributed by atoms with E-state index in [4.69, 9.17) is 45.6 Å². The third-order valence-corrected chi connectivity index (χ3v) is 19.3. The summed E-state index contributed by atoms with van der Waals surface area (Å²) in [7, 11) is 0. The number of benzene rings is 6. The molecule has 0 amide bonds. The molecule has 6 aromatic carbocycles. The fourth-order valence-electron chi connectivity index (χ4n) is 13.1. The maximum absolute atomic E-state index is 12.7. The summed E-state index contributed by atoms with van der Waals surface area (Å²) in [5, 5.41) is 0. The average Bonchev–Trinajstić information content (AvgIpc) is 1.66. The zero-order valence-electron chi connectivity index (χ0n) is 58.5. The zero-order chi connectivity index (χ0) is 71.8. The molecule has 105 heavy (non-hydrogen) atoms. The van der Waals surface area contributed by atoms with Crippen LogP contribution in [-0.4, -0.2) is 78.4 Å². The van der Waals surface area contributed by atoms with Crippen molar-refractivity contribution in [3.63, 3.8) is 0 Å². The Bertz CT molecular complexity index is 5430. The quantitative estimate of drug-likeness (QED) is 0.0584. The number of nitrogens with zero attached hydrogens (tertiary/aromatic N) is 9. The largest absolute Gasteiger partial charge is 0.463 e. The second-order valence-corrected chi connectivity index (χ2v) is 27.1. The van der Waals surface area contributed by atoms with Crippen LogP contribution in [0.5, 0.6) is 52.5 Å². The Hall–Kier alpha value is -12.2. The molecule has 2 saturated carbocycles. The molecule has 6 aromatic heterocycles. The van der Waals surface area contributed by atoms with Crippen LogP contribution >= 0.6 is 0 Å². The van der Waals surface area contributed by atoms with Crippen LogP contribution in [0, 0.1) is 11.8 Å². The van der Waals surface area contributed by atoms with Gasteiger partial charge < -0.3 is 60.6 Å². The van der Waals surface area contributed by atoms with E-state index in [1.54, 1.807) is 13.7 Å². The predicted octanol–water partition coefficient (Wildman–Crippen LogP) is 13.5. The van der Waals surface area contributed by atoms with Gasteiger partial charge in [0.25, 0.3) is 0 Å². The van der Waals surface area contributed by atoms with E-state index in [0.717, 1.165) is 99.0 Å². The lowest BCUT2D eigenvalue weighted by atomic mass is 10.1. The third-order valence-electron chi connectivity index (χ3n) is 19.3. The van der Waals surface area contributed by atoms with Crippen molar-refractivity contribution >= 4 is 50.9 Å². The van der Waals surface area contributed by atoms with Gasteiger partial charge in [-0.3, -0.25) is 13.7 Å². The molecule has 17 rings (SSSR count). The molecule has 12 bridgehead atoms. The van der Waals surface area contributed by atoms with E-state index in [-0.39, 0.29) is 52.6 Å². The van der Waals surface area contributed by atoms with E-state index in [2.05, 4.69) is 149 Å². The Labute approximate surface area is 604 Å². The van der Waals surface area contributed by atoms with Gasteiger partial charge in [0.15, 0.2) is 34.4 Å². The van der Waals surface area contributed by atoms with Gasteiger partial charge in [-0.1, -0.05) is 124 Å². The molecule has 536 valence electrons. The van der Waals surface area contributed by atoms with Gasteiger partial charge in [0.05, 0.1) is 39.5 Å². The van der Waals surface area contributed by atoms with Gasteiger partial charge >= 0.3 is 35.1 Å². The van der Waals surface area contributed by atoms with Crippen molar-refractivity contribution in [3.8, 4) is 52.5 Å². The maximum Gasteiger partial charge on any atom is 0.328 e. The molecule has 5 aliphatic rings. The summed E-state index contributed by atoms with van der Waals surface area (Å²) < 4.78 is 40.6. The number of nitrogens with two attached hydrogens (primary N) is 3. The van der Waals surface area contributed by atoms with Crippen molar-refractivity contribution in [1.29, 1.82) is 0 Å². The number of hydrogen-bond donors (Lipinski definition) is 6. The van der Waals surface area contributed by atoms with Crippen molar-refractivity contribution < 1.29 is 28.4 Å². The van der Waals surface area contributed by atoms with Crippen molar-refractivity contribution in [3.05, 3.63) is 245 Å². The first-order valence-electron chi connectivity index (χ1n) is 36.1. The summed E-state index contributed by atoms with van der Waals surface area (Å²) in [6.45, 7) is 4.35. The molecule has 2 fully saturated rings. The average molecular weight is 1410 g/mol. The first kappa shape index (κ1) is 68.6. The Morgan fingerprint density at radius 3 is 1.17 bits per heavy atom. The lowest BCUT2D eigenvalue weighted by Gasteiger charge is -2.14. The number of anilines is 3. The summed E-state index contributed by atoms with van der Waals surface area (Å²) in [4.78, 5) is 72.2. The molecule has 0 saturated heterocycles. The molecule has 2 aliphatic carbocycles. The third kappa shape index (κ3) is 16.8. The van der Waals surface area contributed by atoms with E-state index in [1.807, 2.05) is 66.7 Å². The van der Waals surface area contributed by atoms with Crippen LogP contribution in [0.25, 0.3) is 33.5 Å². The van der Waals surface area contributed by atoms with Crippen LogP contribution in [0.15, 0.2) is 178 Å². The van der Waals surface area contributed by atoms with E-state index in [1.165, 1.54) is 55.2 Å². The number of ether oxygens (including phenoxy) is 6. The van der Waals surface area contributed by atoms with Crippen molar-refractivity contribution in [2.24, 2.45) is 11.8 Å². The van der Waals surface area contributed by atoms with E-state index < -0.39 is 0 Å². The fourth-order valence-corrected chi connectivity index (χ4v) is 13.1. The number of fused-ring (bicyclic) bond motifs is 9. The Morgan fingerprint density at radius 1 is 0.419 bits per heavy atom. The van der Waals surface area contributed by atoms with Gasteiger partial charge in [0, 0.05) is 0 Å². The predicted molar refractivity (Wildman–Crippen MR) is 404 cm³/mol. The van der Waals surface area contributed by atoms with E-state index in [0.29, 0.717) is 111 Å². The van der Waals surface area contributed by atoms with Crippen molar-refractivity contribution in [2.75, 3.05) is 37.0 Å². The number of imidazole rings is 3. The molecule has 0 unspecified atom stereocenters. The SMILES string of the molecule is CCc1ccc(Oc2ccc3cc2C/C=C/CCOc2nc(N)c4[nH]c(=O)n(c4n2)C3)cc1.Nc1nc2nc3c1[nH]c(=O)n3Cc1ccc(Oc3ccc(CCC4CC4)cc3)c(c1)C/C=C/CCO2.Nc1nc2nc3c1[nH]c(=O)n3Cc1ccc(Oc3cccc(CCC4CC4)c3)c(c1)C/C=C/CCO2. The standard InChI is InChI=1S/2C28H29N5O3.C25H25N5O3/c29-25-24-26-32-27(31-25)35-14-3-1-2-6-21-15-20(17-33(26)28(34)30-24)12-13-23(21)36-22-7-4-5-19(16-22)11-10-18-8-9-18;29-25-24-26-32-27(31-25)35-15-3-1-2-4-21-16-20(17-33(26)28(34)30-24)11-14-23(21)36-22-12-9-19(10-13-22)8-7-18-5-6-18;1-2-16-7-10-19(11-8-16)33-20-12-9-17-14-18(20)6-4-3-5-13-32-24-28-22(26)21-23(29-24)30(15-17)25(31)27-21/h1-2,4-5,7,12-13,15-16,18H,3,6,8-11,14,17H2,(H,30,34)(H2,29,31,32);1-2,9-14,16,18H,3-8,15,17H2,(H,30,34)(H2,29,31,32);3-4,7-12,14H,2,5-6,13,15H2,1H3,(H,27,31)(H2,26,28,29)/b2*2-1+;4-3+. The second kappa shape index (κ2) is 31.2. The summed E-state index contributed by atoms with van der Waals surface area (Å²) in [5.41, 5.74) is 29.7. The molecular formula is C81H83N15O9. The molecule has 24 nitrogen and oxygen atoms in total. The topological polar surface area (TPSA) is 324 Å². The highest BCUT2D eigenvalue weighted by Crippen LogP contribution is 2.37. The Morgan fingerprint density at radius 2 is 0.790 bits per heavy atom. The lowest BCUT2D eigenvalue weighted by molar-refractivity contribution is 0.300. The van der Waals surface area contributed by atoms with Gasteiger partial charge in [0.2, 0.25) is 0 Å². The van der Waals surface area contributed by atoms with Crippen LogP contribution in [0.2, 0.25) is 0 Å². The summed E-state index contributed by atoms with van der Waals surface area (Å²) in [6.07, 6.45) is 28.0. The van der Waals surface area contributed by atoms with Gasteiger partial charge in [-0.2, -0.15) is 29.9 Å². The van der Waals surface area contributed by atoms with Crippen LogP contribution in [0.4, 0.5) is 17.5 Å². The molecule has 9 heterocycles.